The van der Waals surface area contributed by atoms with Gasteiger partial charge >= 0.3 is 0 Å². The van der Waals surface area contributed by atoms with Crippen LogP contribution in [0.1, 0.15) is 32.6 Å². The normalized spacial score (nSPS) is 22.1. The SMILES string of the molecule is CC1CCC(CNc2nc(N)nc(-n3cccn3)n2)CC1. The molecule has 112 valence electrons. The fourth-order valence-electron chi connectivity index (χ4n) is 2.72. The number of nitrogens with zero attached hydrogens (tertiary/aromatic N) is 5. The molecular formula is C14H21N7. The Hall–Kier alpha value is -2.18. The van der Waals surface area contributed by atoms with E-state index >= 15 is 0 Å². The molecular weight excluding hydrogens is 266 g/mol. The van der Waals surface area contributed by atoms with E-state index in [-0.39, 0.29) is 5.95 Å². The Kier molecular flexibility index (Phi) is 3.98. The monoisotopic (exact) mass is 287 g/mol. The summed E-state index contributed by atoms with van der Waals surface area (Å²) in [5.41, 5.74) is 5.75. The maximum atomic E-state index is 5.75. The summed E-state index contributed by atoms with van der Waals surface area (Å²) >= 11 is 0. The lowest BCUT2D eigenvalue weighted by molar-refractivity contribution is 0.300. The van der Waals surface area contributed by atoms with Crippen molar-refractivity contribution in [1.29, 1.82) is 0 Å². The maximum Gasteiger partial charge on any atom is 0.257 e. The summed E-state index contributed by atoms with van der Waals surface area (Å²) in [6.07, 6.45) is 8.60. The molecule has 2 heterocycles. The summed E-state index contributed by atoms with van der Waals surface area (Å²) < 4.78 is 1.57. The molecule has 0 bridgehead atoms. The third-order valence-electron chi connectivity index (χ3n) is 4.03. The topological polar surface area (TPSA) is 94.5 Å². The van der Waals surface area contributed by atoms with E-state index in [4.69, 9.17) is 5.73 Å². The van der Waals surface area contributed by atoms with Crippen molar-refractivity contribution in [2.75, 3.05) is 17.6 Å². The van der Waals surface area contributed by atoms with Crippen molar-refractivity contribution < 1.29 is 0 Å². The van der Waals surface area contributed by atoms with E-state index in [0.717, 1.165) is 12.5 Å². The van der Waals surface area contributed by atoms with E-state index in [9.17, 15) is 0 Å². The molecule has 0 aliphatic heterocycles. The quantitative estimate of drug-likeness (QED) is 0.891. The molecule has 1 fully saturated rings. The fourth-order valence-corrected chi connectivity index (χ4v) is 2.72. The van der Waals surface area contributed by atoms with E-state index in [1.165, 1.54) is 25.7 Å². The van der Waals surface area contributed by atoms with E-state index in [0.29, 0.717) is 17.8 Å². The van der Waals surface area contributed by atoms with Crippen LogP contribution in [-0.4, -0.2) is 31.3 Å². The van der Waals surface area contributed by atoms with Crippen LogP contribution in [0.5, 0.6) is 0 Å². The second-order valence-electron chi connectivity index (χ2n) is 5.77. The number of nitrogen functional groups attached to an aromatic ring is 1. The second kappa shape index (κ2) is 6.07. The van der Waals surface area contributed by atoms with Crippen LogP contribution >= 0.6 is 0 Å². The van der Waals surface area contributed by atoms with Crippen LogP contribution in [0, 0.1) is 11.8 Å². The minimum Gasteiger partial charge on any atom is -0.368 e. The van der Waals surface area contributed by atoms with Crippen molar-refractivity contribution in [3.8, 4) is 5.95 Å². The first-order valence-corrected chi connectivity index (χ1v) is 7.46. The first-order chi connectivity index (χ1) is 10.2. The van der Waals surface area contributed by atoms with Crippen LogP contribution in [0.4, 0.5) is 11.9 Å². The highest BCUT2D eigenvalue weighted by Gasteiger charge is 2.18. The van der Waals surface area contributed by atoms with Gasteiger partial charge in [-0.3, -0.25) is 0 Å². The Bertz CT molecular complexity index is 573. The zero-order valence-electron chi connectivity index (χ0n) is 12.2. The zero-order valence-corrected chi connectivity index (χ0v) is 12.2. The molecule has 2 aromatic rings. The van der Waals surface area contributed by atoms with Crippen molar-refractivity contribution in [3.63, 3.8) is 0 Å². The molecule has 0 aromatic carbocycles. The second-order valence-corrected chi connectivity index (χ2v) is 5.77. The average molecular weight is 287 g/mol. The molecule has 7 heteroatoms. The Morgan fingerprint density at radius 3 is 2.76 bits per heavy atom. The molecule has 3 N–H and O–H groups in total. The zero-order chi connectivity index (χ0) is 14.7. The molecule has 0 atom stereocenters. The van der Waals surface area contributed by atoms with Crippen LogP contribution in [0.15, 0.2) is 18.5 Å². The molecule has 0 radical (unpaired) electrons. The van der Waals surface area contributed by atoms with Crippen LogP contribution in [0.3, 0.4) is 0 Å². The number of aromatic nitrogens is 5. The van der Waals surface area contributed by atoms with Crippen LogP contribution in [-0.2, 0) is 0 Å². The van der Waals surface area contributed by atoms with Crippen molar-refractivity contribution in [2.45, 2.75) is 32.6 Å². The van der Waals surface area contributed by atoms with Gasteiger partial charge in [-0.1, -0.05) is 19.8 Å². The van der Waals surface area contributed by atoms with Crippen molar-refractivity contribution >= 4 is 11.9 Å². The number of hydrogen-bond donors (Lipinski definition) is 2. The Morgan fingerprint density at radius 2 is 2.05 bits per heavy atom. The van der Waals surface area contributed by atoms with Crippen molar-refractivity contribution in [1.82, 2.24) is 24.7 Å². The van der Waals surface area contributed by atoms with Gasteiger partial charge in [0.25, 0.3) is 5.95 Å². The number of nitrogens with two attached hydrogens (primary N) is 1. The molecule has 21 heavy (non-hydrogen) atoms. The number of anilines is 2. The average Bonchev–Trinajstić information content (AvgIpc) is 3.00. The standard InChI is InChI=1S/C14H21N7/c1-10-3-5-11(6-4-10)9-16-13-18-12(15)19-14(20-13)21-8-2-7-17-21/h2,7-8,10-11H,3-6,9H2,1H3,(H3,15,16,18,19,20). The maximum absolute atomic E-state index is 5.75. The Balaban J connectivity index is 1.65. The summed E-state index contributed by atoms with van der Waals surface area (Å²) in [6, 6.07) is 1.82. The number of nitrogens with one attached hydrogen (secondary N) is 1. The third kappa shape index (κ3) is 3.48. The summed E-state index contributed by atoms with van der Waals surface area (Å²) in [7, 11) is 0. The molecule has 7 nitrogen and oxygen atoms in total. The molecule has 1 saturated carbocycles. The minimum absolute atomic E-state index is 0.204. The summed E-state index contributed by atoms with van der Waals surface area (Å²) in [6.45, 7) is 3.21. The molecule has 0 unspecified atom stereocenters. The van der Waals surface area contributed by atoms with Crippen LogP contribution in [0.2, 0.25) is 0 Å². The molecule has 2 aromatic heterocycles. The predicted molar refractivity (Wildman–Crippen MR) is 81.0 cm³/mol. The lowest BCUT2D eigenvalue weighted by Gasteiger charge is -2.26. The molecule has 0 saturated heterocycles. The van der Waals surface area contributed by atoms with E-state index in [1.807, 2.05) is 6.07 Å². The highest BCUT2D eigenvalue weighted by Crippen LogP contribution is 2.28. The van der Waals surface area contributed by atoms with Gasteiger partial charge in [0, 0.05) is 18.9 Å². The molecule has 1 aliphatic rings. The minimum atomic E-state index is 0.204. The number of rotatable bonds is 4. The summed E-state index contributed by atoms with van der Waals surface area (Å²) in [5, 5.41) is 7.40. The van der Waals surface area contributed by atoms with Gasteiger partial charge in [-0.25, -0.2) is 4.68 Å². The fraction of sp³-hybridized carbons (Fsp3) is 0.571. The van der Waals surface area contributed by atoms with Crippen molar-refractivity contribution in [2.24, 2.45) is 11.8 Å². The molecule has 0 spiro atoms. The predicted octanol–water partition coefficient (Wildman–Crippen LogP) is 1.88. The Labute approximate surface area is 124 Å². The van der Waals surface area contributed by atoms with Crippen molar-refractivity contribution in [3.05, 3.63) is 18.5 Å². The van der Waals surface area contributed by atoms with E-state index in [2.05, 4.69) is 32.3 Å². The smallest absolute Gasteiger partial charge is 0.257 e. The van der Waals surface area contributed by atoms with Gasteiger partial charge in [-0.2, -0.15) is 20.1 Å². The van der Waals surface area contributed by atoms with Gasteiger partial charge < -0.3 is 11.1 Å². The first-order valence-electron chi connectivity index (χ1n) is 7.46. The number of hydrogen-bond acceptors (Lipinski definition) is 6. The lowest BCUT2D eigenvalue weighted by Crippen LogP contribution is -2.21. The van der Waals surface area contributed by atoms with Gasteiger partial charge in [0.2, 0.25) is 11.9 Å². The van der Waals surface area contributed by atoms with Crippen LogP contribution < -0.4 is 11.1 Å². The molecule has 1 aliphatic carbocycles. The van der Waals surface area contributed by atoms with Crippen LogP contribution in [0.25, 0.3) is 5.95 Å². The Morgan fingerprint density at radius 1 is 1.24 bits per heavy atom. The summed E-state index contributed by atoms with van der Waals surface area (Å²) in [4.78, 5) is 12.6. The lowest BCUT2D eigenvalue weighted by atomic mass is 9.83. The molecule has 0 amide bonds. The highest BCUT2D eigenvalue weighted by molar-refractivity contribution is 5.34. The highest BCUT2D eigenvalue weighted by atomic mass is 15.4. The van der Waals surface area contributed by atoms with Gasteiger partial charge in [-0.15, -0.1) is 0 Å². The third-order valence-corrected chi connectivity index (χ3v) is 4.03. The first kappa shape index (κ1) is 13.8. The van der Waals surface area contributed by atoms with E-state index < -0.39 is 0 Å². The summed E-state index contributed by atoms with van der Waals surface area (Å²) in [5.74, 6) is 2.71. The van der Waals surface area contributed by atoms with E-state index in [1.54, 1.807) is 17.1 Å². The van der Waals surface area contributed by atoms with Gasteiger partial charge in [-0.05, 0) is 30.7 Å². The largest absolute Gasteiger partial charge is 0.368 e. The molecule has 3 rings (SSSR count). The van der Waals surface area contributed by atoms with Gasteiger partial charge in [0.15, 0.2) is 0 Å². The van der Waals surface area contributed by atoms with Gasteiger partial charge in [0.1, 0.15) is 0 Å². The van der Waals surface area contributed by atoms with Gasteiger partial charge in [0.05, 0.1) is 0 Å².